The van der Waals surface area contributed by atoms with E-state index in [4.69, 9.17) is 10.5 Å². The lowest BCUT2D eigenvalue weighted by atomic mass is 9.82. The van der Waals surface area contributed by atoms with Gasteiger partial charge in [-0.3, -0.25) is 10.3 Å². The fourth-order valence-electron chi connectivity index (χ4n) is 2.95. The first-order valence-electron chi connectivity index (χ1n) is 7.89. The topological polar surface area (TPSA) is 109 Å². The highest BCUT2D eigenvalue weighted by Crippen LogP contribution is 2.33. The number of rotatable bonds is 5. The average Bonchev–Trinajstić information content (AvgIpc) is 2.97. The van der Waals surface area contributed by atoms with Crippen LogP contribution in [0.5, 0.6) is 0 Å². The predicted octanol–water partition coefficient (Wildman–Crippen LogP) is 0.148. The van der Waals surface area contributed by atoms with Crippen molar-refractivity contribution in [2.24, 2.45) is 10.5 Å². The van der Waals surface area contributed by atoms with Crippen LogP contribution >= 0.6 is 0 Å². The van der Waals surface area contributed by atoms with Crippen LogP contribution in [0.3, 0.4) is 0 Å². The van der Waals surface area contributed by atoms with Gasteiger partial charge in [-0.15, -0.1) is 0 Å². The Balaban J connectivity index is 1.71. The van der Waals surface area contributed by atoms with Crippen LogP contribution in [0, 0.1) is 5.41 Å². The van der Waals surface area contributed by atoms with Crippen molar-refractivity contribution in [3.8, 4) is 0 Å². The summed E-state index contributed by atoms with van der Waals surface area (Å²) in [6, 6.07) is 6.09. The summed E-state index contributed by atoms with van der Waals surface area (Å²) in [6.45, 7) is 2.08. The summed E-state index contributed by atoms with van der Waals surface area (Å²) in [4.78, 5) is 0.168. The molecule has 0 amide bonds. The quantitative estimate of drug-likeness (QED) is 0.513. The van der Waals surface area contributed by atoms with Crippen LogP contribution in [0.1, 0.15) is 12.8 Å². The third-order valence-corrected chi connectivity index (χ3v) is 5.90. The van der Waals surface area contributed by atoms with E-state index in [2.05, 4.69) is 15.1 Å². The summed E-state index contributed by atoms with van der Waals surface area (Å²) in [7, 11) is -1.98. The Labute approximate surface area is 142 Å². The van der Waals surface area contributed by atoms with Crippen molar-refractivity contribution in [1.82, 2.24) is 15.0 Å². The number of nitrogens with zero attached hydrogens (tertiary/aromatic N) is 2. The van der Waals surface area contributed by atoms with E-state index in [-0.39, 0.29) is 10.3 Å². The Kier molecular flexibility index (Phi) is 4.77. The molecule has 2 heterocycles. The molecule has 0 aliphatic carbocycles. The lowest BCUT2D eigenvalue weighted by molar-refractivity contribution is 0.0317. The first kappa shape index (κ1) is 17.2. The fraction of sp³-hybridized carbons (Fsp3) is 0.533. The monoisotopic (exact) mass is 353 g/mol. The molecule has 0 saturated carbocycles. The molecule has 1 fully saturated rings. The van der Waals surface area contributed by atoms with E-state index in [9.17, 15) is 8.42 Å². The number of anilines is 1. The van der Waals surface area contributed by atoms with Crippen LogP contribution in [-0.2, 0) is 14.8 Å². The molecule has 3 rings (SSSR count). The van der Waals surface area contributed by atoms with Crippen LogP contribution < -0.4 is 15.8 Å². The van der Waals surface area contributed by atoms with Crippen LogP contribution in [0.15, 0.2) is 34.3 Å². The molecule has 0 radical (unpaired) electrons. The molecule has 1 aromatic rings. The van der Waals surface area contributed by atoms with Gasteiger partial charge in [-0.05, 0) is 44.2 Å². The standard InChI is InChI=1S/C15H23N5O3S/c1-17-14(19-24(21,22)13-4-2-12(16)3-5-13)20-11-15(10-18-20)6-8-23-9-7-15/h2-5,10,14,17,19H,6-9,11,16H2,1H3. The van der Waals surface area contributed by atoms with Crippen LogP contribution in [0.25, 0.3) is 0 Å². The molecule has 0 aromatic heterocycles. The molecule has 1 aromatic carbocycles. The number of nitrogen functional groups attached to an aromatic ring is 1. The maximum absolute atomic E-state index is 12.5. The number of hydrogen-bond donors (Lipinski definition) is 3. The molecule has 0 bridgehead atoms. The van der Waals surface area contributed by atoms with E-state index < -0.39 is 16.3 Å². The zero-order valence-electron chi connectivity index (χ0n) is 13.6. The zero-order valence-corrected chi connectivity index (χ0v) is 14.4. The molecule has 9 heteroatoms. The van der Waals surface area contributed by atoms with Crippen molar-refractivity contribution in [2.45, 2.75) is 24.0 Å². The minimum atomic E-state index is -3.68. The summed E-state index contributed by atoms with van der Waals surface area (Å²) in [5, 5.41) is 9.12. The lowest BCUT2D eigenvalue weighted by Gasteiger charge is -2.34. The predicted molar refractivity (Wildman–Crippen MR) is 91.7 cm³/mol. The largest absolute Gasteiger partial charge is 0.399 e. The zero-order chi connectivity index (χ0) is 17.2. The van der Waals surface area contributed by atoms with Gasteiger partial charge in [0.2, 0.25) is 10.0 Å². The summed E-state index contributed by atoms with van der Waals surface area (Å²) in [5.41, 5.74) is 6.10. The number of sulfonamides is 1. The highest BCUT2D eigenvalue weighted by Gasteiger charge is 2.39. The van der Waals surface area contributed by atoms with Gasteiger partial charge >= 0.3 is 0 Å². The van der Waals surface area contributed by atoms with Gasteiger partial charge in [0.05, 0.1) is 11.4 Å². The third-order valence-electron chi connectivity index (χ3n) is 4.47. The highest BCUT2D eigenvalue weighted by atomic mass is 32.2. The molecular weight excluding hydrogens is 330 g/mol. The number of hydrogen-bond acceptors (Lipinski definition) is 7. The van der Waals surface area contributed by atoms with Gasteiger partial charge in [-0.1, -0.05) is 0 Å². The first-order valence-corrected chi connectivity index (χ1v) is 9.37. The van der Waals surface area contributed by atoms with Crippen LogP contribution in [0.2, 0.25) is 0 Å². The first-order chi connectivity index (χ1) is 11.4. The van der Waals surface area contributed by atoms with Gasteiger partial charge in [0.15, 0.2) is 6.29 Å². The Morgan fingerprint density at radius 3 is 2.58 bits per heavy atom. The van der Waals surface area contributed by atoms with Gasteiger partial charge in [0, 0.05) is 30.5 Å². The number of nitrogens with one attached hydrogen (secondary N) is 2. The summed E-state index contributed by atoms with van der Waals surface area (Å²) >= 11 is 0. The minimum Gasteiger partial charge on any atom is -0.399 e. The second-order valence-electron chi connectivity index (χ2n) is 6.20. The SMILES string of the molecule is CNC(NS(=O)(=O)c1ccc(N)cc1)N1CC2(C=N1)CCOCC2. The summed E-state index contributed by atoms with van der Waals surface area (Å²) in [5.74, 6) is 0. The van der Waals surface area contributed by atoms with Gasteiger partial charge < -0.3 is 10.5 Å². The Morgan fingerprint density at radius 2 is 1.96 bits per heavy atom. The highest BCUT2D eigenvalue weighted by molar-refractivity contribution is 7.89. The van der Waals surface area contributed by atoms with Gasteiger partial charge in [0.25, 0.3) is 0 Å². The Bertz CT molecular complexity index is 698. The lowest BCUT2D eigenvalue weighted by Crippen LogP contribution is -2.54. The second-order valence-corrected chi connectivity index (χ2v) is 7.91. The molecule has 1 spiro atoms. The maximum Gasteiger partial charge on any atom is 0.243 e. The summed E-state index contributed by atoms with van der Waals surface area (Å²) in [6.07, 6.45) is 3.10. The second kappa shape index (κ2) is 6.67. The van der Waals surface area contributed by atoms with Crippen molar-refractivity contribution >= 4 is 21.9 Å². The maximum atomic E-state index is 12.5. The van der Waals surface area contributed by atoms with Crippen molar-refractivity contribution in [2.75, 3.05) is 32.5 Å². The normalized spacial score (nSPS) is 21.3. The van der Waals surface area contributed by atoms with E-state index in [0.29, 0.717) is 25.4 Å². The van der Waals surface area contributed by atoms with Crippen LogP contribution in [0.4, 0.5) is 5.69 Å². The van der Waals surface area contributed by atoms with Crippen molar-refractivity contribution in [3.63, 3.8) is 0 Å². The molecular formula is C15H23N5O3S. The molecule has 1 saturated heterocycles. The number of ether oxygens (including phenoxy) is 1. The van der Waals surface area contributed by atoms with Gasteiger partial charge in [-0.25, -0.2) is 8.42 Å². The fourth-order valence-corrected chi connectivity index (χ4v) is 4.12. The summed E-state index contributed by atoms with van der Waals surface area (Å²) < 4.78 is 33.1. The van der Waals surface area contributed by atoms with Crippen molar-refractivity contribution < 1.29 is 13.2 Å². The van der Waals surface area contributed by atoms with E-state index >= 15 is 0 Å². The average molecular weight is 353 g/mol. The number of benzene rings is 1. The van der Waals surface area contributed by atoms with Gasteiger partial charge in [0.1, 0.15) is 0 Å². The third kappa shape index (κ3) is 3.54. The molecule has 2 aliphatic rings. The number of nitrogens with two attached hydrogens (primary N) is 1. The van der Waals surface area contributed by atoms with Crippen molar-refractivity contribution in [3.05, 3.63) is 24.3 Å². The minimum absolute atomic E-state index is 0.0278. The van der Waals surface area contributed by atoms with Gasteiger partial charge in [-0.2, -0.15) is 9.82 Å². The van der Waals surface area contributed by atoms with Crippen molar-refractivity contribution in [1.29, 1.82) is 0 Å². The smallest absolute Gasteiger partial charge is 0.243 e. The van der Waals surface area contributed by atoms with E-state index in [1.807, 2.05) is 6.21 Å². The molecule has 8 nitrogen and oxygen atoms in total. The number of hydrazone groups is 1. The molecule has 24 heavy (non-hydrogen) atoms. The van der Waals surface area contributed by atoms with E-state index in [1.54, 1.807) is 24.2 Å². The molecule has 1 atom stereocenters. The molecule has 1 unspecified atom stereocenters. The molecule has 4 N–H and O–H groups in total. The Morgan fingerprint density at radius 1 is 1.29 bits per heavy atom. The van der Waals surface area contributed by atoms with E-state index in [0.717, 1.165) is 12.8 Å². The van der Waals surface area contributed by atoms with E-state index in [1.165, 1.54) is 12.1 Å². The Hall–Kier alpha value is -1.68. The molecule has 132 valence electrons. The van der Waals surface area contributed by atoms with Crippen LogP contribution in [-0.4, -0.2) is 52.7 Å². The molecule has 2 aliphatic heterocycles.